The second-order valence-corrected chi connectivity index (χ2v) is 4.56. The van der Waals surface area contributed by atoms with Gasteiger partial charge >= 0.3 is 5.97 Å². The molecule has 0 amide bonds. The maximum absolute atomic E-state index is 11.0. The fourth-order valence-corrected chi connectivity index (χ4v) is 2.57. The normalized spacial score (nSPS) is 18.9. The molecule has 1 N–H and O–H groups in total. The van der Waals surface area contributed by atoms with Crippen LogP contribution in [0, 0.1) is 0 Å². The smallest absolute Gasteiger partial charge is 0.317 e. The van der Waals surface area contributed by atoms with Gasteiger partial charge in [0, 0.05) is 31.7 Å². The van der Waals surface area contributed by atoms with E-state index < -0.39 is 5.97 Å². The van der Waals surface area contributed by atoms with E-state index in [0.29, 0.717) is 13.2 Å². The number of aliphatic carboxylic acids is 1. The Morgan fingerprint density at radius 2 is 2.50 bits per heavy atom. The van der Waals surface area contributed by atoms with Crippen molar-refractivity contribution >= 4 is 5.97 Å². The Morgan fingerprint density at radius 1 is 1.67 bits per heavy atom. The molecule has 0 radical (unpaired) electrons. The third-order valence-corrected chi connectivity index (χ3v) is 3.38. The summed E-state index contributed by atoms with van der Waals surface area (Å²) in [5.41, 5.74) is 1.14. The summed E-state index contributed by atoms with van der Waals surface area (Å²) in [7, 11) is 1.63. The van der Waals surface area contributed by atoms with Gasteiger partial charge < -0.3 is 14.3 Å². The highest BCUT2D eigenvalue weighted by Gasteiger charge is 2.28. The van der Waals surface area contributed by atoms with Gasteiger partial charge in [0.05, 0.1) is 19.4 Å². The van der Waals surface area contributed by atoms with Crippen molar-refractivity contribution in [2.45, 2.75) is 25.3 Å². The highest BCUT2D eigenvalue weighted by atomic mass is 16.5. The molecule has 1 aliphatic carbocycles. The molecule has 1 atom stereocenters. The van der Waals surface area contributed by atoms with Gasteiger partial charge in [-0.05, 0) is 18.9 Å². The number of nitrogens with zero attached hydrogens (tertiary/aromatic N) is 1. The monoisotopic (exact) mass is 253 g/mol. The fourth-order valence-electron chi connectivity index (χ4n) is 2.57. The molecule has 0 fully saturated rings. The molecule has 100 valence electrons. The second kappa shape index (κ2) is 6.02. The van der Waals surface area contributed by atoms with Crippen molar-refractivity contribution in [2.24, 2.45) is 0 Å². The van der Waals surface area contributed by atoms with Crippen LogP contribution in [-0.2, 0) is 16.0 Å². The number of hydrogen-bond donors (Lipinski definition) is 1. The molecular formula is C13H19NO4. The van der Waals surface area contributed by atoms with Crippen LogP contribution < -0.4 is 0 Å². The third-order valence-electron chi connectivity index (χ3n) is 3.38. The van der Waals surface area contributed by atoms with E-state index in [9.17, 15) is 4.79 Å². The number of carboxylic acid groups (broad SMARTS) is 1. The Hall–Kier alpha value is -1.33. The first-order valence-corrected chi connectivity index (χ1v) is 6.23. The summed E-state index contributed by atoms with van der Waals surface area (Å²) in [6.07, 6.45) is 4.65. The molecule has 0 saturated heterocycles. The summed E-state index contributed by atoms with van der Waals surface area (Å²) >= 11 is 0. The quantitative estimate of drug-likeness (QED) is 0.835. The van der Waals surface area contributed by atoms with Crippen molar-refractivity contribution in [3.05, 3.63) is 23.7 Å². The fraction of sp³-hybridized carbons (Fsp3) is 0.615. The molecule has 0 bridgehead atoms. The molecule has 18 heavy (non-hydrogen) atoms. The highest BCUT2D eigenvalue weighted by molar-refractivity contribution is 5.69. The lowest BCUT2D eigenvalue weighted by atomic mass is 9.92. The Labute approximate surface area is 106 Å². The molecule has 0 aromatic carbocycles. The van der Waals surface area contributed by atoms with Gasteiger partial charge in [-0.3, -0.25) is 9.69 Å². The maximum atomic E-state index is 11.0. The number of fused-ring (bicyclic) bond motifs is 1. The van der Waals surface area contributed by atoms with Gasteiger partial charge in [0.25, 0.3) is 0 Å². The minimum absolute atomic E-state index is 0.0403. The maximum Gasteiger partial charge on any atom is 0.317 e. The molecule has 1 unspecified atom stereocenters. The Balaban J connectivity index is 2.13. The summed E-state index contributed by atoms with van der Waals surface area (Å²) in [5, 5.41) is 9.01. The average molecular weight is 253 g/mol. The van der Waals surface area contributed by atoms with Crippen LogP contribution in [0.1, 0.15) is 30.2 Å². The van der Waals surface area contributed by atoms with E-state index >= 15 is 0 Å². The van der Waals surface area contributed by atoms with Crippen molar-refractivity contribution in [2.75, 3.05) is 26.8 Å². The van der Waals surface area contributed by atoms with Gasteiger partial charge in [-0.15, -0.1) is 0 Å². The van der Waals surface area contributed by atoms with E-state index in [-0.39, 0.29) is 12.6 Å². The number of methoxy groups -OCH3 is 1. The van der Waals surface area contributed by atoms with E-state index in [0.717, 1.165) is 30.6 Å². The van der Waals surface area contributed by atoms with Crippen molar-refractivity contribution in [3.63, 3.8) is 0 Å². The molecule has 1 aliphatic rings. The molecule has 1 aromatic heterocycles. The SMILES string of the molecule is COCCN(CC(=O)O)C1CCCc2occc21. The van der Waals surface area contributed by atoms with Crippen LogP contribution in [0.3, 0.4) is 0 Å². The minimum atomic E-state index is -0.804. The van der Waals surface area contributed by atoms with Crippen LogP contribution in [0.15, 0.2) is 16.7 Å². The number of rotatable bonds is 6. The van der Waals surface area contributed by atoms with E-state index in [1.165, 1.54) is 0 Å². The van der Waals surface area contributed by atoms with Gasteiger partial charge in [0.1, 0.15) is 5.76 Å². The summed E-state index contributed by atoms with van der Waals surface area (Å²) in [6, 6.07) is 2.10. The van der Waals surface area contributed by atoms with E-state index in [2.05, 4.69) is 0 Å². The van der Waals surface area contributed by atoms with Gasteiger partial charge in [-0.2, -0.15) is 0 Å². The first-order chi connectivity index (χ1) is 8.72. The number of carboxylic acids is 1. The topological polar surface area (TPSA) is 62.9 Å². The largest absolute Gasteiger partial charge is 0.480 e. The first kappa shape index (κ1) is 13.1. The van der Waals surface area contributed by atoms with Gasteiger partial charge in [-0.25, -0.2) is 0 Å². The van der Waals surface area contributed by atoms with Gasteiger partial charge in [-0.1, -0.05) is 0 Å². The third kappa shape index (κ3) is 2.91. The Bertz CT molecular complexity index is 401. The van der Waals surface area contributed by atoms with E-state index in [1.807, 2.05) is 11.0 Å². The molecule has 1 heterocycles. The lowest BCUT2D eigenvalue weighted by Gasteiger charge is -2.32. The molecule has 0 saturated carbocycles. The number of ether oxygens (including phenoxy) is 1. The highest BCUT2D eigenvalue weighted by Crippen LogP contribution is 2.34. The van der Waals surface area contributed by atoms with Crippen LogP contribution in [-0.4, -0.2) is 42.8 Å². The standard InChI is InChI=1S/C13H19NO4/c1-17-8-6-14(9-13(15)16)11-3-2-4-12-10(11)5-7-18-12/h5,7,11H,2-4,6,8-9H2,1H3,(H,15,16). The number of furan rings is 1. The molecule has 0 aliphatic heterocycles. The van der Waals surface area contributed by atoms with Crippen molar-refractivity contribution in [3.8, 4) is 0 Å². The number of aryl methyl sites for hydroxylation is 1. The average Bonchev–Trinajstić information content (AvgIpc) is 2.82. The predicted molar refractivity (Wildman–Crippen MR) is 65.5 cm³/mol. The van der Waals surface area contributed by atoms with E-state index in [1.54, 1.807) is 13.4 Å². The number of carbonyl (C=O) groups is 1. The lowest BCUT2D eigenvalue weighted by Crippen LogP contribution is -2.37. The lowest BCUT2D eigenvalue weighted by molar-refractivity contribution is -0.139. The summed E-state index contributed by atoms with van der Waals surface area (Å²) < 4.78 is 10.5. The van der Waals surface area contributed by atoms with Crippen LogP contribution in [0.2, 0.25) is 0 Å². The summed E-state index contributed by atoms with van der Waals surface area (Å²) in [5.74, 6) is 0.195. The molecule has 0 spiro atoms. The second-order valence-electron chi connectivity index (χ2n) is 4.56. The zero-order valence-corrected chi connectivity index (χ0v) is 10.6. The van der Waals surface area contributed by atoms with Crippen molar-refractivity contribution in [1.29, 1.82) is 0 Å². The Morgan fingerprint density at radius 3 is 3.22 bits per heavy atom. The molecule has 2 rings (SSSR count). The molecular weight excluding hydrogens is 234 g/mol. The van der Waals surface area contributed by atoms with Crippen molar-refractivity contribution < 1.29 is 19.1 Å². The molecule has 5 nitrogen and oxygen atoms in total. The molecule has 1 aromatic rings. The Kier molecular flexibility index (Phi) is 4.38. The first-order valence-electron chi connectivity index (χ1n) is 6.23. The van der Waals surface area contributed by atoms with Crippen molar-refractivity contribution in [1.82, 2.24) is 4.90 Å². The minimum Gasteiger partial charge on any atom is -0.480 e. The zero-order chi connectivity index (χ0) is 13.0. The van der Waals surface area contributed by atoms with Crippen LogP contribution >= 0.6 is 0 Å². The molecule has 5 heteroatoms. The number of hydrogen-bond acceptors (Lipinski definition) is 4. The predicted octanol–water partition coefficient (Wildman–Crippen LogP) is 1.69. The van der Waals surface area contributed by atoms with Crippen LogP contribution in [0.4, 0.5) is 0 Å². The van der Waals surface area contributed by atoms with E-state index in [4.69, 9.17) is 14.3 Å². The van der Waals surface area contributed by atoms with Crippen LogP contribution in [0.25, 0.3) is 0 Å². The summed E-state index contributed by atoms with van der Waals surface area (Å²) in [6.45, 7) is 1.20. The van der Waals surface area contributed by atoms with Crippen LogP contribution in [0.5, 0.6) is 0 Å². The van der Waals surface area contributed by atoms with Gasteiger partial charge in [0.15, 0.2) is 0 Å². The zero-order valence-electron chi connectivity index (χ0n) is 10.6. The summed E-state index contributed by atoms with van der Waals surface area (Å²) in [4.78, 5) is 12.9. The van der Waals surface area contributed by atoms with Gasteiger partial charge in [0.2, 0.25) is 0 Å².